The van der Waals surface area contributed by atoms with Crippen LogP contribution in [-0.4, -0.2) is 19.7 Å². The summed E-state index contributed by atoms with van der Waals surface area (Å²) in [6.45, 7) is 3.78. The molecule has 3 aromatic rings. The maximum Gasteiger partial charge on any atom is 0.105 e. The van der Waals surface area contributed by atoms with Gasteiger partial charge in [0.15, 0.2) is 0 Å². The molecular formula is C19H23N5. The molecule has 1 unspecified atom stereocenters. The van der Waals surface area contributed by atoms with Crippen LogP contribution in [0, 0.1) is 6.92 Å². The summed E-state index contributed by atoms with van der Waals surface area (Å²) in [6, 6.07) is 9.17. The lowest BCUT2D eigenvalue weighted by Crippen LogP contribution is -2.24. The third-order valence-corrected chi connectivity index (χ3v) is 4.86. The molecule has 0 amide bonds. The SMILES string of the molecule is Cc1nccn1Cc1cccc(CNC2CCCc3cn[nH]c32)c1. The van der Waals surface area contributed by atoms with Gasteiger partial charge in [-0.05, 0) is 42.9 Å². The van der Waals surface area contributed by atoms with Gasteiger partial charge < -0.3 is 9.88 Å². The van der Waals surface area contributed by atoms with Crippen molar-refractivity contribution in [1.29, 1.82) is 0 Å². The smallest absolute Gasteiger partial charge is 0.105 e. The average Bonchev–Trinajstić information content (AvgIpc) is 3.23. The number of fused-ring (bicyclic) bond motifs is 1. The summed E-state index contributed by atoms with van der Waals surface area (Å²) in [6.07, 6.45) is 9.39. The lowest BCUT2D eigenvalue weighted by Gasteiger charge is -2.23. The number of hydrogen-bond donors (Lipinski definition) is 2. The zero-order valence-electron chi connectivity index (χ0n) is 14.0. The van der Waals surface area contributed by atoms with Crippen molar-refractivity contribution in [1.82, 2.24) is 25.1 Å². The molecule has 1 aliphatic rings. The largest absolute Gasteiger partial charge is 0.331 e. The summed E-state index contributed by atoms with van der Waals surface area (Å²) < 4.78 is 2.17. The van der Waals surface area contributed by atoms with E-state index in [0.717, 1.165) is 25.3 Å². The fourth-order valence-electron chi connectivity index (χ4n) is 3.51. The number of rotatable bonds is 5. The maximum atomic E-state index is 4.29. The van der Waals surface area contributed by atoms with E-state index >= 15 is 0 Å². The molecule has 0 aliphatic heterocycles. The first-order chi connectivity index (χ1) is 11.8. The number of nitrogens with zero attached hydrogens (tertiary/aromatic N) is 3. The minimum Gasteiger partial charge on any atom is -0.331 e. The van der Waals surface area contributed by atoms with Crippen molar-refractivity contribution in [2.24, 2.45) is 0 Å². The van der Waals surface area contributed by atoms with Crippen molar-refractivity contribution < 1.29 is 0 Å². The highest BCUT2D eigenvalue weighted by molar-refractivity contribution is 5.26. The van der Waals surface area contributed by atoms with Gasteiger partial charge in [-0.25, -0.2) is 4.98 Å². The predicted octanol–water partition coefficient (Wildman–Crippen LogP) is 3.13. The standard InChI is InChI=1S/C19H23N5/c1-14-20-8-9-24(14)13-16-5-2-4-15(10-16)11-21-18-7-3-6-17-12-22-23-19(17)18/h2,4-5,8-10,12,18,21H,3,6-7,11,13H2,1H3,(H,22,23). The molecule has 0 fully saturated rings. The lowest BCUT2D eigenvalue weighted by atomic mass is 9.93. The van der Waals surface area contributed by atoms with Crippen LogP contribution in [0.3, 0.4) is 0 Å². The van der Waals surface area contributed by atoms with Gasteiger partial charge in [-0.1, -0.05) is 24.3 Å². The van der Waals surface area contributed by atoms with E-state index in [1.54, 1.807) is 0 Å². The third kappa shape index (κ3) is 3.12. The topological polar surface area (TPSA) is 58.5 Å². The van der Waals surface area contributed by atoms with Crippen LogP contribution in [0.25, 0.3) is 0 Å². The second kappa shape index (κ2) is 6.61. The first-order valence-corrected chi connectivity index (χ1v) is 8.60. The van der Waals surface area contributed by atoms with Crippen LogP contribution >= 0.6 is 0 Å². The number of aromatic amines is 1. The summed E-state index contributed by atoms with van der Waals surface area (Å²) >= 11 is 0. The second-order valence-corrected chi connectivity index (χ2v) is 6.56. The van der Waals surface area contributed by atoms with E-state index in [9.17, 15) is 0 Å². The zero-order valence-corrected chi connectivity index (χ0v) is 14.0. The van der Waals surface area contributed by atoms with E-state index in [2.05, 4.69) is 49.3 Å². The normalized spacial score (nSPS) is 17.0. The Labute approximate surface area is 142 Å². The summed E-state index contributed by atoms with van der Waals surface area (Å²) in [7, 11) is 0. The Hall–Kier alpha value is -2.40. The number of benzene rings is 1. The molecular weight excluding hydrogens is 298 g/mol. The molecule has 0 bridgehead atoms. The molecule has 1 atom stereocenters. The van der Waals surface area contributed by atoms with E-state index < -0.39 is 0 Å². The van der Waals surface area contributed by atoms with Gasteiger partial charge in [0, 0.05) is 31.5 Å². The number of H-pyrrole nitrogens is 1. The highest BCUT2D eigenvalue weighted by atomic mass is 15.1. The monoisotopic (exact) mass is 321 g/mol. The van der Waals surface area contributed by atoms with Gasteiger partial charge in [0.2, 0.25) is 0 Å². The fourth-order valence-corrected chi connectivity index (χ4v) is 3.51. The summed E-state index contributed by atoms with van der Waals surface area (Å²) in [5.41, 5.74) is 5.26. The summed E-state index contributed by atoms with van der Waals surface area (Å²) in [5, 5.41) is 11.1. The Kier molecular flexibility index (Phi) is 4.17. The molecule has 5 heteroatoms. The highest BCUT2D eigenvalue weighted by Gasteiger charge is 2.21. The number of aryl methyl sites for hydroxylation is 2. The molecule has 2 heterocycles. The molecule has 0 spiro atoms. The Bertz CT molecular complexity index is 817. The molecule has 1 aliphatic carbocycles. The van der Waals surface area contributed by atoms with Crippen LogP contribution in [0.1, 0.15) is 47.1 Å². The van der Waals surface area contributed by atoms with E-state index in [1.807, 2.05) is 25.5 Å². The molecule has 0 radical (unpaired) electrons. The van der Waals surface area contributed by atoms with Crippen molar-refractivity contribution >= 4 is 0 Å². The van der Waals surface area contributed by atoms with Gasteiger partial charge in [0.25, 0.3) is 0 Å². The molecule has 24 heavy (non-hydrogen) atoms. The lowest BCUT2D eigenvalue weighted by molar-refractivity contribution is 0.449. The van der Waals surface area contributed by atoms with Crippen LogP contribution in [0.5, 0.6) is 0 Å². The van der Waals surface area contributed by atoms with E-state index in [0.29, 0.717) is 6.04 Å². The molecule has 1 aromatic carbocycles. The van der Waals surface area contributed by atoms with Gasteiger partial charge in [-0.2, -0.15) is 5.10 Å². The van der Waals surface area contributed by atoms with Crippen molar-refractivity contribution in [2.45, 2.75) is 45.3 Å². The zero-order chi connectivity index (χ0) is 16.4. The minimum absolute atomic E-state index is 0.385. The molecule has 0 saturated carbocycles. The van der Waals surface area contributed by atoms with E-state index in [4.69, 9.17) is 0 Å². The van der Waals surface area contributed by atoms with Crippen molar-refractivity contribution in [3.63, 3.8) is 0 Å². The van der Waals surface area contributed by atoms with Crippen molar-refractivity contribution in [3.8, 4) is 0 Å². The average molecular weight is 321 g/mol. The Balaban J connectivity index is 1.43. The van der Waals surface area contributed by atoms with Gasteiger partial charge in [-0.15, -0.1) is 0 Å². The molecule has 124 valence electrons. The number of aromatic nitrogens is 4. The summed E-state index contributed by atoms with van der Waals surface area (Å²) in [5.74, 6) is 1.05. The summed E-state index contributed by atoms with van der Waals surface area (Å²) in [4.78, 5) is 4.29. The van der Waals surface area contributed by atoms with Crippen LogP contribution in [0.15, 0.2) is 42.9 Å². The van der Waals surface area contributed by atoms with Crippen LogP contribution < -0.4 is 5.32 Å². The first kappa shape index (κ1) is 15.1. The fraction of sp³-hybridized carbons (Fsp3) is 0.368. The first-order valence-electron chi connectivity index (χ1n) is 8.60. The Morgan fingerprint density at radius 3 is 3.12 bits per heavy atom. The molecule has 2 aromatic heterocycles. The van der Waals surface area contributed by atoms with Gasteiger partial charge in [0.1, 0.15) is 5.82 Å². The van der Waals surface area contributed by atoms with Crippen LogP contribution in [0.2, 0.25) is 0 Å². The Morgan fingerprint density at radius 1 is 1.33 bits per heavy atom. The molecule has 2 N–H and O–H groups in total. The van der Waals surface area contributed by atoms with Crippen LogP contribution in [-0.2, 0) is 19.5 Å². The van der Waals surface area contributed by atoms with E-state index in [-0.39, 0.29) is 0 Å². The highest BCUT2D eigenvalue weighted by Crippen LogP contribution is 2.27. The number of nitrogens with one attached hydrogen (secondary N) is 2. The number of hydrogen-bond acceptors (Lipinski definition) is 3. The molecule has 0 saturated heterocycles. The van der Waals surface area contributed by atoms with Gasteiger partial charge in [0.05, 0.1) is 11.9 Å². The van der Waals surface area contributed by atoms with Gasteiger partial charge in [-0.3, -0.25) is 5.10 Å². The van der Waals surface area contributed by atoms with Crippen molar-refractivity contribution in [2.75, 3.05) is 0 Å². The van der Waals surface area contributed by atoms with E-state index in [1.165, 1.54) is 35.2 Å². The predicted molar refractivity (Wildman–Crippen MR) is 93.6 cm³/mol. The third-order valence-electron chi connectivity index (χ3n) is 4.86. The van der Waals surface area contributed by atoms with Gasteiger partial charge >= 0.3 is 0 Å². The minimum atomic E-state index is 0.385. The second-order valence-electron chi connectivity index (χ2n) is 6.56. The van der Waals surface area contributed by atoms with Crippen molar-refractivity contribution in [3.05, 3.63) is 71.1 Å². The maximum absolute atomic E-state index is 4.29. The van der Waals surface area contributed by atoms with Crippen LogP contribution in [0.4, 0.5) is 0 Å². The number of imidazole rings is 1. The Morgan fingerprint density at radius 2 is 2.25 bits per heavy atom. The molecule has 5 nitrogen and oxygen atoms in total. The quantitative estimate of drug-likeness (QED) is 0.759. The molecule has 4 rings (SSSR count).